The van der Waals surface area contributed by atoms with Gasteiger partial charge in [0.1, 0.15) is 6.04 Å². The van der Waals surface area contributed by atoms with Gasteiger partial charge in [0.2, 0.25) is 5.91 Å². The Bertz CT molecular complexity index is 513. The Labute approximate surface area is 161 Å². The third-order valence-corrected chi connectivity index (χ3v) is 3.43. The summed E-state index contributed by atoms with van der Waals surface area (Å²) < 4.78 is 0. The summed E-state index contributed by atoms with van der Waals surface area (Å²) in [6, 6.07) is -2.02. The lowest BCUT2D eigenvalue weighted by Crippen LogP contribution is -2.43. The Hall–Kier alpha value is -1.79. The Morgan fingerprint density at radius 3 is 1.85 bits per heavy atom. The van der Waals surface area contributed by atoms with Crippen LogP contribution >= 0.6 is 25.3 Å². The normalized spacial score (nSPS) is 13.4. The number of aliphatic carboxylic acids is 3. The highest BCUT2D eigenvalue weighted by Gasteiger charge is 2.21. The molecule has 0 saturated heterocycles. The zero-order chi connectivity index (χ0) is 20.9. The number of Topliss-reactive ketones (excluding diaryl/α,β-unsaturated/α-hetero) is 1. The number of thiol groups is 2. The summed E-state index contributed by atoms with van der Waals surface area (Å²) in [6.07, 6.45) is -0.702. The lowest BCUT2D eigenvalue weighted by molar-refractivity contribution is -0.139. The average molecular weight is 412 g/mol. The van der Waals surface area contributed by atoms with E-state index in [9.17, 15) is 24.0 Å². The van der Waals surface area contributed by atoms with Crippen molar-refractivity contribution in [3.63, 3.8) is 0 Å². The number of nitrogens with two attached hydrogens (primary N) is 1. The smallest absolute Gasteiger partial charge is 0.320 e. The van der Waals surface area contributed by atoms with Crippen LogP contribution in [0, 0.1) is 0 Å². The predicted octanol–water partition coefficient (Wildman–Crippen LogP) is -0.584. The fraction of sp³-hybridized carbons (Fsp3) is 0.643. The number of carbonyl (C=O) groups excluding carboxylic acids is 2. The summed E-state index contributed by atoms with van der Waals surface area (Å²) >= 11 is 7.51. The molecule has 0 heterocycles. The third kappa shape index (κ3) is 14.5. The minimum Gasteiger partial charge on any atom is -0.481 e. The molecule has 1 unspecified atom stereocenters. The Morgan fingerprint density at radius 1 is 1.00 bits per heavy atom. The third-order valence-electron chi connectivity index (χ3n) is 2.85. The van der Waals surface area contributed by atoms with E-state index in [1.807, 2.05) is 0 Å². The van der Waals surface area contributed by atoms with Gasteiger partial charge in [-0.05, 0) is 13.3 Å². The monoisotopic (exact) mass is 412 g/mol. The van der Waals surface area contributed by atoms with Crippen LogP contribution in [0.5, 0.6) is 0 Å². The molecule has 150 valence electrons. The molecule has 0 radical (unpaired) electrons. The molecule has 0 aromatic heterocycles. The molecule has 0 aromatic rings. The topological polar surface area (TPSA) is 184 Å². The van der Waals surface area contributed by atoms with Crippen molar-refractivity contribution in [2.24, 2.45) is 5.73 Å². The van der Waals surface area contributed by atoms with E-state index >= 15 is 0 Å². The van der Waals surface area contributed by atoms with Crippen LogP contribution in [0.3, 0.4) is 0 Å². The Morgan fingerprint density at radius 2 is 1.50 bits per heavy atom. The van der Waals surface area contributed by atoms with Gasteiger partial charge in [-0.2, -0.15) is 25.3 Å². The molecule has 0 aliphatic rings. The first-order valence-electron chi connectivity index (χ1n) is 7.46. The molecule has 0 saturated carbocycles. The molecule has 1 amide bonds. The molecule has 3 atom stereocenters. The van der Waals surface area contributed by atoms with Gasteiger partial charge in [-0.3, -0.25) is 24.0 Å². The number of nitrogens with one attached hydrogen (secondary N) is 1. The lowest BCUT2D eigenvalue weighted by Gasteiger charge is -2.15. The van der Waals surface area contributed by atoms with Crippen LogP contribution in [0.4, 0.5) is 0 Å². The molecule has 6 N–H and O–H groups in total. The summed E-state index contributed by atoms with van der Waals surface area (Å²) in [5, 5.41) is 26.8. The number of carboxylic acid groups (broad SMARTS) is 3. The summed E-state index contributed by atoms with van der Waals surface area (Å²) in [7, 11) is 0. The van der Waals surface area contributed by atoms with Crippen molar-refractivity contribution < 1.29 is 39.3 Å². The van der Waals surface area contributed by atoms with Crippen molar-refractivity contribution in [3.8, 4) is 0 Å². The summed E-state index contributed by atoms with van der Waals surface area (Å²) in [6.45, 7) is 1.51. The van der Waals surface area contributed by atoms with Crippen molar-refractivity contribution in [3.05, 3.63) is 0 Å². The van der Waals surface area contributed by atoms with Crippen LogP contribution in [-0.2, 0) is 24.0 Å². The second-order valence-electron chi connectivity index (χ2n) is 5.16. The van der Waals surface area contributed by atoms with E-state index in [1.54, 1.807) is 0 Å². The highest BCUT2D eigenvalue weighted by molar-refractivity contribution is 7.81. The number of amides is 1. The number of ketones is 1. The van der Waals surface area contributed by atoms with Gasteiger partial charge in [0.25, 0.3) is 0 Å². The predicted molar refractivity (Wildman–Crippen MR) is 98.6 cm³/mol. The molecule has 0 aliphatic carbocycles. The Balaban J connectivity index is 0. The van der Waals surface area contributed by atoms with Crippen molar-refractivity contribution in [1.29, 1.82) is 0 Å². The second-order valence-corrected chi connectivity index (χ2v) is 6.30. The summed E-state index contributed by atoms with van der Waals surface area (Å²) in [5.74, 6) is -4.10. The molecule has 0 aliphatic heterocycles. The van der Waals surface area contributed by atoms with Crippen LogP contribution in [0.25, 0.3) is 0 Å². The average Bonchev–Trinajstić information content (AvgIpc) is 2.55. The molecular weight excluding hydrogens is 388 g/mol. The molecular formula is C14H24N2O8S2. The second kappa shape index (κ2) is 14.4. The molecule has 10 nitrogen and oxygen atoms in total. The van der Waals surface area contributed by atoms with Crippen LogP contribution in [0.1, 0.15) is 32.6 Å². The number of carboxylic acids is 3. The molecule has 0 fully saturated rings. The highest BCUT2D eigenvalue weighted by atomic mass is 32.1. The van der Waals surface area contributed by atoms with Crippen LogP contribution in [0.2, 0.25) is 0 Å². The van der Waals surface area contributed by atoms with Gasteiger partial charge in [0.15, 0.2) is 5.78 Å². The maximum absolute atomic E-state index is 11.6. The van der Waals surface area contributed by atoms with E-state index in [4.69, 9.17) is 21.1 Å². The number of hydrogen-bond acceptors (Lipinski definition) is 8. The van der Waals surface area contributed by atoms with Crippen molar-refractivity contribution in [2.45, 2.75) is 49.9 Å². The maximum Gasteiger partial charge on any atom is 0.320 e. The van der Waals surface area contributed by atoms with Crippen molar-refractivity contribution in [2.75, 3.05) is 5.75 Å². The summed E-state index contributed by atoms with van der Waals surface area (Å²) in [4.78, 5) is 53.6. The largest absolute Gasteiger partial charge is 0.481 e. The minimum absolute atomic E-state index is 0.0369. The van der Waals surface area contributed by atoms with E-state index < -0.39 is 46.9 Å². The van der Waals surface area contributed by atoms with Crippen molar-refractivity contribution >= 4 is 54.9 Å². The van der Waals surface area contributed by atoms with Gasteiger partial charge in [0.05, 0.1) is 17.7 Å². The van der Waals surface area contributed by atoms with Gasteiger partial charge in [-0.25, -0.2) is 0 Å². The zero-order valence-corrected chi connectivity index (χ0v) is 15.9. The minimum atomic E-state index is -1.21. The SMILES string of the molecule is CC(S)C(=O)O.N[C@@H](CCC(=O)N[C@@H](CS)C(=O)CCC(=O)O)C(=O)O. The Kier molecular flexibility index (Phi) is 14.6. The van der Waals surface area contributed by atoms with E-state index in [-0.39, 0.29) is 31.4 Å². The van der Waals surface area contributed by atoms with Crippen LogP contribution < -0.4 is 11.1 Å². The molecule has 26 heavy (non-hydrogen) atoms. The fourth-order valence-corrected chi connectivity index (χ4v) is 1.60. The molecule has 0 aromatic carbocycles. The molecule has 12 heteroatoms. The van der Waals surface area contributed by atoms with Gasteiger partial charge >= 0.3 is 17.9 Å². The van der Waals surface area contributed by atoms with Gasteiger partial charge in [-0.15, -0.1) is 0 Å². The molecule has 0 bridgehead atoms. The van der Waals surface area contributed by atoms with E-state index in [0.29, 0.717) is 0 Å². The molecule has 0 spiro atoms. The number of carbonyl (C=O) groups is 5. The molecule has 0 rings (SSSR count). The van der Waals surface area contributed by atoms with E-state index in [1.165, 1.54) is 6.92 Å². The number of hydrogen-bond donors (Lipinski definition) is 7. The van der Waals surface area contributed by atoms with E-state index in [0.717, 1.165) is 0 Å². The quantitative estimate of drug-likeness (QED) is 0.218. The lowest BCUT2D eigenvalue weighted by atomic mass is 10.1. The first kappa shape index (κ1) is 26.4. The zero-order valence-electron chi connectivity index (χ0n) is 14.1. The van der Waals surface area contributed by atoms with Gasteiger partial charge in [0, 0.05) is 18.6 Å². The van der Waals surface area contributed by atoms with Gasteiger partial charge in [-0.1, -0.05) is 0 Å². The standard InChI is InChI=1S/C11H18N2O6S.C3H6O2S/c12-6(11(18)19)1-3-9(15)13-7(5-20)8(14)2-4-10(16)17;1-2(6)3(4)5/h6-7,20H,1-5,12H2,(H,13,15)(H,16,17)(H,18,19);2,6H,1H3,(H,4,5)/t6-,7-;/m0./s1. The highest BCUT2D eigenvalue weighted by Crippen LogP contribution is 2.01. The van der Waals surface area contributed by atoms with Gasteiger partial charge < -0.3 is 26.4 Å². The fourth-order valence-electron chi connectivity index (χ4n) is 1.31. The van der Waals surface area contributed by atoms with Crippen molar-refractivity contribution in [1.82, 2.24) is 5.32 Å². The van der Waals surface area contributed by atoms with Crippen LogP contribution in [0.15, 0.2) is 0 Å². The first-order chi connectivity index (χ1) is 11.9. The number of rotatable bonds is 11. The van der Waals surface area contributed by atoms with E-state index in [2.05, 4.69) is 30.6 Å². The summed E-state index contributed by atoms with van der Waals surface area (Å²) in [5.41, 5.74) is 5.24. The maximum atomic E-state index is 11.6. The van der Waals surface area contributed by atoms with Crippen LogP contribution in [-0.4, -0.2) is 68.0 Å². The first-order valence-corrected chi connectivity index (χ1v) is 8.61.